The third kappa shape index (κ3) is 4.69. The Kier molecular flexibility index (Phi) is 6.55. The van der Waals surface area contributed by atoms with Gasteiger partial charge >= 0.3 is 0 Å². The fourth-order valence-electron chi connectivity index (χ4n) is 4.36. The molecule has 2 fully saturated rings. The van der Waals surface area contributed by atoms with Gasteiger partial charge in [0.25, 0.3) is 0 Å². The van der Waals surface area contributed by atoms with Gasteiger partial charge in [-0.1, -0.05) is 46.5 Å². The first-order chi connectivity index (χ1) is 10.1. The molecule has 124 valence electrons. The van der Waals surface area contributed by atoms with E-state index in [9.17, 15) is 0 Å². The van der Waals surface area contributed by atoms with Gasteiger partial charge in [-0.2, -0.15) is 0 Å². The highest BCUT2D eigenvalue weighted by Gasteiger charge is 2.43. The standard InChI is InChI=1S/C19H38N2/c1-4-6-17-7-5-12-19(15-20,13-10-17)21(18-8-9-18)14-11-16(2)3/h16-18H,4-15,20H2,1-3H3. The second-order valence-corrected chi connectivity index (χ2v) is 8.12. The van der Waals surface area contributed by atoms with E-state index in [1.165, 1.54) is 70.8 Å². The molecule has 0 aliphatic heterocycles. The van der Waals surface area contributed by atoms with Crippen LogP contribution in [0.3, 0.4) is 0 Å². The van der Waals surface area contributed by atoms with Crippen molar-refractivity contribution in [2.75, 3.05) is 13.1 Å². The molecule has 2 aliphatic carbocycles. The number of hydrogen-bond donors (Lipinski definition) is 1. The van der Waals surface area contributed by atoms with Crippen molar-refractivity contribution in [3.63, 3.8) is 0 Å². The molecular weight excluding hydrogens is 256 g/mol. The van der Waals surface area contributed by atoms with E-state index < -0.39 is 0 Å². The molecule has 0 aromatic rings. The molecule has 0 saturated heterocycles. The average molecular weight is 295 g/mol. The van der Waals surface area contributed by atoms with Crippen LogP contribution in [0.15, 0.2) is 0 Å². The maximum atomic E-state index is 6.36. The van der Waals surface area contributed by atoms with E-state index in [1.54, 1.807) is 0 Å². The van der Waals surface area contributed by atoms with Crippen LogP contribution in [0.4, 0.5) is 0 Å². The molecule has 0 spiro atoms. The maximum Gasteiger partial charge on any atom is 0.0334 e. The summed E-state index contributed by atoms with van der Waals surface area (Å²) in [5.41, 5.74) is 6.69. The first-order valence-corrected chi connectivity index (χ1v) is 9.58. The molecular formula is C19H38N2. The molecule has 21 heavy (non-hydrogen) atoms. The van der Waals surface area contributed by atoms with Crippen LogP contribution in [0.1, 0.15) is 85.0 Å². The van der Waals surface area contributed by atoms with Crippen molar-refractivity contribution in [1.82, 2.24) is 4.90 Å². The van der Waals surface area contributed by atoms with Crippen LogP contribution in [-0.4, -0.2) is 29.6 Å². The van der Waals surface area contributed by atoms with Crippen LogP contribution in [-0.2, 0) is 0 Å². The highest BCUT2D eigenvalue weighted by molar-refractivity contribution is 5.00. The predicted octanol–water partition coefficient (Wildman–Crippen LogP) is 4.57. The van der Waals surface area contributed by atoms with Crippen molar-refractivity contribution < 1.29 is 0 Å². The predicted molar refractivity (Wildman–Crippen MR) is 92.5 cm³/mol. The van der Waals surface area contributed by atoms with E-state index >= 15 is 0 Å². The van der Waals surface area contributed by atoms with Gasteiger partial charge in [-0.05, 0) is 56.9 Å². The van der Waals surface area contributed by atoms with Gasteiger partial charge in [-0.3, -0.25) is 4.90 Å². The van der Waals surface area contributed by atoms with Gasteiger partial charge in [0.15, 0.2) is 0 Å². The van der Waals surface area contributed by atoms with Crippen molar-refractivity contribution in [3.05, 3.63) is 0 Å². The zero-order valence-corrected chi connectivity index (χ0v) is 14.7. The van der Waals surface area contributed by atoms with E-state index in [2.05, 4.69) is 25.7 Å². The Morgan fingerprint density at radius 3 is 2.48 bits per heavy atom. The summed E-state index contributed by atoms with van der Waals surface area (Å²) in [5.74, 6) is 1.77. The van der Waals surface area contributed by atoms with Crippen molar-refractivity contribution in [1.29, 1.82) is 0 Å². The molecule has 0 heterocycles. The van der Waals surface area contributed by atoms with Gasteiger partial charge in [-0.15, -0.1) is 0 Å². The normalized spacial score (nSPS) is 30.9. The molecule has 2 N–H and O–H groups in total. The summed E-state index contributed by atoms with van der Waals surface area (Å²) in [5, 5.41) is 0. The molecule has 0 radical (unpaired) electrons. The number of hydrogen-bond acceptors (Lipinski definition) is 2. The summed E-state index contributed by atoms with van der Waals surface area (Å²) in [4.78, 5) is 2.86. The van der Waals surface area contributed by atoms with Crippen molar-refractivity contribution in [2.45, 2.75) is 96.6 Å². The lowest BCUT2D eigenvalue weighted by atomic mass is 9.86. The molecule has 0 aromatic carbocycles. The third-order valence-corrected chi connectivity index (χ3v) is 5.89. The number of nitrogens with zero attached hydrogens (tertiary/aromatic N) is 1. The molecule has 2 aliphatic rings. The average Bonchev–Trinajstić information content (AvgIpc) is 3.28. The monoisotopic (exact) mass is 294 g/mol. The molecule has 0 aromatic heterocycles. The summed E-state index contributed by atoms with van der Waals surface area (Å²) in [7, 11) is 0. The Morgan fingerprint density at radius 2 is 1.90 bits per heavy atom. The van der Waals surface area contributed by atoms with Crippen LogP contribution in [0.5, 0.6) is 0 Å². The molecule has 2 rings (SSSR count). The number of nitrogens with two attached hydrogens (primary N) is 1. The fraction of sp³-hybridized carbons (Fsp3) is 1.00. The van der Waals surface area contributed by atoms with Crippen molar-refractivity contribution >= 4 is 0 Å². The number of rotatable bonds is 8. The molecule has 2 nitrogen and oxygen atoms in total. The Hall–Kier alpha value is -0.0800. The highest BCUT2D eigenvalue weighted by atomic mass is 15.3. The minimum Gasteiger partial charge on any atom is -0.329 e. The third-order valence-electron chi connectivity index (χ3n) is 5.89. The van der Waals surface area contributed by atoms with E-state index in [0.29, 0.717) is 5.54 Å². The lowest BCUT2D eigenvalue weighted by Gasteiger charge is -2.44. The molecule has 2 heteroatoms. The molecule has 2 unspecified atom stereocenters. The van der Waals surface area contributed by atoms with Crippen LogP contribution in [0, 0.1) is 11.8 Å². The van der Waals surface area contributed by atoms with Crippen molar-refractivity contribution in [2.24, 2.45) is 17.6 Å². The van der Waals surface area contributed by atoms with Gasteiger partial charge in [0, 0.05) is 18.1 Å². The van der Waals surface area contributed by atoms with Crippen LogP contribution in [0.2, 0.25) is 0 Å². The van der Waals surface area contributed by atoms with Crippen LogP contribution in [0.25, 0.3) is 0 Å². The molecule has 0 amide bonds. The first kappa shape index (κ1) is 17.3. The Labute approximate surface area is 132 Å². The zero-order valence-electron chi connectivity index (χ0n) is 14.7. The quantitative estimate of drug-likeness (QED) is 0.664. The second kappa shape index (κ2) is 7.97. The highest BCUT2D eigenvalue weighted by Crippen LogP contribution is 2.41. The molecule has 2 atom stereocenters. The first-order valence-electron chi connectivity index (χ1n) is 9.58. The van der Waals surface area contributed by atoms with E-state index in [1.807, 2.05) is 0 Å². The second-order valence-electron chi connectivity index (χ2n) is 8.12. The summed E-state index contributed by atoms with van der Waals surface area (Å²) >= 11 is 0. The van der Waals surface area contributed by atoms with Crippen LogP contribution < -0.4 is 5.73 Å². The zero-order chi connectivity index (χ0) is 15.3. The fourth-order valence-corrected chi connectivity index (χ4v) is 4.36. The van der Waals surface area contributed by atoms with Gasteiger partial charge < -0.3 is 5.73 Å². The van der Waals surface area contributed by atoms with E-state index in [0.717, 1.165) is 24.4 Å². The largest absolute Gasteiger partial charge is 0.329 e. The minimum absolute atomic E-state index is 0.332. The van der Waals surface area contributed by atoms with E-state index in [4.69, 9.17) is 5.73 Å². The summed E-state index contributed by atoms with van der Waals surface area (Å²) in [6.45, 7) is 9.19. The minimum atomic E-state index is 0.332. The smallest absolute Gasteiger partial charge is 0.0334 e. The maximum absolute atomic E-state index is 6.36. The Balaban J connectivity index is 2.02. The van der Waals surface area contributed by atoms with Crippen LogP contribution >= 0.6 is 0 Å². The Bertz CT molecular complexity index is 298. The van der Waals surface area contributed by atoms with E-state index in [-0.39, 0.29) is 0 Å². The summed E-state index contributed by atoms with van der Waals surface area (Å²) in [6.07, 6.45) is 13.9. The molecule has 2 saturated carbocycles. The summed E-state index contributed by atoms with van der Waals surface area (Å²) in [6, 6.07) is 0.857. The SMILES string of the molecule is CCCC1CCCC(CN)(N(CCC(C)C)C2CC2)CC1. The summed E-state index contributed by atoms with van der Waals surface area (Å²) < 4.78 is 0. The molecule has 0 bridgehead atoms. The van der Waals surface area contributed by atoms with Gasteiger partial charge in [-0.25, -0.2) is 0 Å². The topological polar surface area (TPSA) is 29.3 Å². The van der Waals surface area contributed by atoms with Gasteiger partial charge in [0.05, 0.1) is 0 Å². The van der Waals surface area contributed by atoms with Crippen molar-refractivity contribution in [3.8, 4) is 0 Å². The van der Waals surface area contributed by atoms with Gasteiger partial charge in [0.2, 0.25) is 0 Å². The lowest BCUT2D eigenvalue weighted by molar-refractivity contribution is 0.0633. The lowest BCUT2D eigenvalue weighted by Crippen LogP contribution is -2.55. The Morgan fingerprint density at radius 1 is 1.14 bits per heavy atom. The van der Waals surface area contributed by atoms with Gasteiger partial charge in [0.1, 0.15) is 0 Å².